The van der Waals surface area contributed by atoms with Gasteiger partial charge in [0.1, 0.15) is 5.82 Å². The zero-order chi connectivity index (χ0) is 15.6. The van der Waals surface area contributed by atoms with Crippen LogP contribution in [0.4, 0.5) is 10.1 Å². The maximum Gasteiger partial charge on any atom is 0.338 e. The Morgan fingerprint density at radius 3 is 2.43 bits per heavy atom. The minimum absolute atomic E-state index is 0.344. The third-order valence-electron chi connectivity index (χ3n) is 2.70. The maximum absolute atomic E-state index is 13.4. The maximum atomic E-state index is 13.4. The fourth-order valence-electron chi connectivity index (χ4n) is 1.85. The van der Waals surface area contributed by atoms with E-state index in [9.17, 15) is 17.6 Å². The van der Waals surface area contributed by atoms with Crippen LogP contribution in [0.5, 0.6) is 0 Å². The van der Waals surface area contributed by atoms with E-state index in [4.69, 9.17) is 5.11 Å². The molecule has 0 atom stereocenters. The van der Waals surface area contributed by atoms with Gasteiger partial charge in [-0.15, -0.1) is 0 Å². The van der Waals surface area contributed by atoms with Crippen molar-refractivity contribution in [2.75, 3.05) is 11.0 Å². The van der Waals surface area contributed by atoms with Gasteiger partial charge in [0.05, 0.1) is 11.8 Å². The fraction of sp³-hybridized carbons (Fsp3) is 0.0714. The van der Waals surface area contributed by atoms with Gasteiger partial charge in [-0.25, -0.2) is 17.6 Å². The van der Waals surface area contributed by atoms with Crippen molar-refractivity contribution in [2.24, 2.45) is 0 Å². The second kappa shape index (κ2) is 5.53. The van der Waals surface area contributed by atoms with Crippen LogP contribution in [0.2, 0.25) is 0 Å². The van der Waals surface area contributed by atoms with Crippen LogP contribution in [0, 0.1) is 5.82 Å². The first kappa shape index (κ1) is 15.0. The van der Waals surface area contributed by atoms with E-state index in [2.05, 4.69) is 4.72 Å². The van der Waals surface area contributed by atoms with Gasteiger partial charge in [0.15, 0.2) is 0 Å². The molecule has 0 aliphatic rings. The molecule has 0 saturated heterocycles. The number of anilines is 1. The third-order valence-corrected chi connectivity index (χ3v) is 3.30. The summed E-state index contributed by atoms with van der Waals surface area (Å²) in [5.74, 6) is -2.18. The Balaban J connectivity index is 2.45. The topological polar surface area (TPSA) is 83.5 Å². The lowest BCUT2D eigenvalue weighted by Crippen LogP contribution is -2.09. The molecule has 0 amide bonds. The zero-order valence-electron chi connectivity index (χ0n) is 11.0. The number of halogens is 1. The molecule has 0 saturated carbocycles. The van der Waals surface area contributed by atoms with Crippen molar-refractivity contribution in [3.05, 3.63) is 53.8 Å². The molecule has 0 bridgehead atoms. The number of hydrogen-bond donors (Lipinski definition) is 2. The molecule has 0 aromatic heterocycles. The molecule has 2 aromatic rings. The number of rotatable bonds is 4. The molecule has 0 spiro atoms. The molecule has 5 nitrogen and oxygen atoms in total. The summed E-state index contributed by atoms with van der Waals surface area (Å²) in [6.45, 7) is 0. The van der Waals surface area contributed by atoms with Gasteiger partial charge in [0.2, 0.25) is 10.0 Å². The van der Waals surface area contributed by atoms with Crippen molar-refractivity contribution in [3.8, 4) is 11.1 Å². The molecule has 0 radical (unpaired) electrons. The Hall–Kier alpha value is -2.41. The summed E-state index contributed by atoms with van der Waals surface area (Å²) < 4.78 is 38.1. The smallest absolute Gasteiger partial charge is 0.338 e. The highest BCUT2D eigenvalue weighted by Crippen LogP contribution is 2.25. The van der Waals surface area contributed by atoms with Gasteiger partial charge in [-0.3, -0.25) is 4.72 Å². The predicted octanol–water partition coefficient (Wildman–Crippen LogP) is 2.56. The Kier molecular flexibility index (Phi) is 3.95. The van der Waals surface area contributed by atoms with Crippen LogP contribution < -0.4 is 4.72 Å². The van der Waals surface area contributed by atoms with Crippen LogP contribution >= 0.6 is 0 Å². The molecular weight excluding hydrogens is 297 g/mol. The largest absolute Gasteiger partial charge is 0.478 e. The van der Waals surface area contributed by atoms with Crippen molar-refractivity contribution in [1.29, 1.82) is 0 Å². The van der Waals surface area contributed by atoms with Crippen LogP contribution in [-0.4, -0.2) is 25.7 Å². The molecule has 0 heterocycles. The molecule has 0 aliphatic carbocycles. The molecular formula is C14H12FNO4S. The molecule has 2 aromatic carbocycles. The van der Waals surface area contributed by atoms with Gasteiger partial charge in [-0.2, -0.15) is 0 Å². The zero-order valence-corrected chi connectivity index (χ0v) is 11.8. The van der Waals surface area contributed by atoms with Gasteiger partial charge >= 0.3 is 5.97 Å². The molecule has 2 rings (SSSR count). The van der Waals surface area contributed by atoms with E-state index in [1.165, 1.54) is 12.1 Å². The number of carboxylic acids is 1. The number of benzene rings is 2. The minimum atomic E-state index is -3.41. The van der Waals surface area contributed by atoms with Gasteiger partial charge in [-0.1, -0.05) is 18.2 Å². The highest BCUT2D eigenvalue weighted by Gasteiger charge is 2.12. The lowest BCUT2D eigenvalue weighted by atomic mass is 10.0. The average Bonchev–Trinajstić information content (AvgIpc) is 2.37. The highest BCUT2D eigenvalue weighted by atomic mass is 32.2. The second-order valence-corrected chi connectivity index (χ2v) is 6.20. The van der Waals surface area contributed by atoms with E-state index < -0.39 is 27.4 Å². The average molecular weight is 309 g/mol. The lowest BCUT2D eigenvalue weighted by molar-refractivity contribution is 0.0692. The molecule has 0 unspecified atom stereocenters. The minimum Gasteiger partial charge on any atom is -0.478 e. The standard InChI is InChI=1S/C14H12FNO4S/c1-21(19,20)16-11-4-2-3-9(7-11)10-5-6-13(15)12(8-10)14(17)18/h2-8,16H,1H3,(H,17,18). The molecule has 2 N–H and O–H groups in total. The Labute approximate surface area is 121 Å². The second-order valence-electron chi connectivity index (χ2n) is 4.45. The summed E-state index contributed by atoms with van der Waals surface area (Å²) in [7, 11) is -3.41. The van der Waals surface area contributed by atoms with E-state index >= 15 is 0 Å². The van der Waals surface area contributed by atoms with E-state index in [-0.39, 0.29) is 0 Å². The van der Waals surface area contributed by atoms with Crippen molar-refractivity contribution in [1.82, 2.24) is 0 Å². The molecule has 21 heavy (non-hydrogen) atoms. The summed E-state index contributed by atoms with van der Waals surface area (Å²) in [6.07, 6.45) is 1.03. The first-order chi connectivity index (χ1) is 9.76. The highest BCUT2D eigenvalue weighted by molar-refractivity contribution is 7.92. The number of hydrogen-bond acceptors (Lipinski definition) is 3. The summed E-state index contributed by atoms with van der Waals surface area (Å²) in [6, 6.07) is 10.1. The Morgan fingerprint density at radius 2 is 1.81 bits per heavy atom. The fourth-order valence-corrected chi connectivity index (χ4v) is 2.40. The molecule has 7 heteroatoms. The van der Waals surface area contributed by atoms with Crippen molar-refractivity contribution in [2.45, 2.75) is 0 Å². The first-order valence-corrected chi connectivity index (χ1v) is 7.76. The first-order valence-electron chi connectivity index (χ1n) is 5.87. The monoisotopic (exact) mass is 309 g/mol. The van der Waals surface area contributed by atoms with Crippen LogP contribution in [0.25, 0.3) is 11.1 Å². The molecule has 110 valence electrons. The van der Waals surface area contributed by atoms with Gasteiger partial charge < -0.3 is 5.11 Å². The van der Waals surface area contributed by atoms with Crippen LogP contribution in [0.15, 0.2) is 42.5 Å². The van der Waals surface area contributed by atoms with Crippen molar-refractivity contribution in [3.63, 3.8) is 0 Å². The van der Waals surface area contributed by atoms with Crippen LogP contribution in [0.3, 0.4) is 0 Å². The van der Waals surface area contributed by atoms with Crippen molar-refractivity contribution < 1.29 is 22.7 Å². The molecule has 0 aliphatic heterocycles. The van der Waals surface area contributed by atoms with Gasteiger partial charge in [0, 0.05) is 5.69 Å². The van der Waals surface area contributed by atoms with E-state index in [1.807, 2.05) is 0 Å². The lowest BCUT2D eigenvalue weighted by Gasteiger charge is -2.08. The van der Waals surface area contributed by atoms with Gasteiger partial charge in [-0.05, 0) is 35.4 Å². The number of carboxylic acid groups (broad SMARTS) is 1. The summed E-state index contributed by atoms with van der Waals surface area (Å²) in [4.78, 5) is 10.9. The van der Waals surface area contributed by atoms with Crippen LogP contribution in [-0.2, 0) is 10.0 Å². The number of sulfonamides is 1. The number of carbonyl (C=O) groups is 1. The van der Waals surface area contributed by atoms with E-state index in [1.54, 1.807) is 24.3 Å². The number of aromatic carboxylic acids is 1. The van der Waals surface area contributed by atoms with E-state index in [0.29, 0.717) is 16.8 Å². The van der Waals surface area contributed by atoms with Crippen LogP contribution in [0.1, 0.15) is 10.4 Å². The quantitative estimate of drug-likeness (QED) is 0.909. The molecule has 0 fully saturated rings. The Bertz CT molecular complexity index is 802. The normalized spacial score (nSPS) is 11.1. The Morgan fingerprint density at radius 1 is 1.14 bits per heavy atom. The van der Waals surface area contributed by atoms with E-state index in [0.717, 1.165) is 12.3 Å². The summed E-state index contributed by atoms with van der Waals surface area (Å²) in [5.41, 5.74) is 0.960. The third kappa shape index (κ3) is 3.79. The SMILES string of the molecule is CS(=O)(=O)Nc1cccc(-c2ccc(F)c(C(=O)O)c2)c1. The van der Waals surface area contributed by atoms with Crippen molar-refractivity contribution >= 4 is 21.7 Å². The number of nitrogens with one attached hydrogen (secondary N) is 1. The van der Waals surface area contributed by atoms with Gasteiger partial charge in [0.25, 0.3) is 0 Å². The predicted molar refractivity (Wildman–Crippen MR) is 77.3 cm³/mol. The summed E-state index contributed by atoms with van der Waals surface area (Å²) >= 11 is 0. The summed E-state index contributed by atoms with van der Waals surface area (Å²) in [5, 5.41) is 8.91.